The number of nitrogens with two attached hydrogens (primary N) is 1. The van der Waals surface area contributed by atoms with Gasteiger partial charge in [0, 0.05) is 24.8 Å². The number of hydrogen-bond donors (Lipinski definition) is 2. The van der Waals surface area contributed by atoms with Gasteiger partial charge in [0.1, 0.15) is 0 Å². The molecule has 1 rings (SSSR count). The lowest BCUT2D eigenvalue weighted by Gasteiger charge is -2.25. The molecule has 0 amide bonds. The highest BCUT2D eigenvalue weighted by Crippen LogP contribution is 2.07. The van der Waals surface area contributed by atoms with Crippen LogP contribution in [0.15, 0.2) is 24.3 Å². The van der Waals surface area contributed by atoms with E-state index in [9.17, 15) is 0 Å². The quantitative estimate of drug-likeness (QED) is 0.717. The number of aliphatic hydroxyl groups excluding tert-OH is 1. The number of nitrogen functional groups attached to an aromatic ring is 1. The molecule has 0 spiro atoms. The predicted molar refractivity (Wildman–Crippen MR) is 68.4 cm³/mol. The van der Waals surface area contributed by atoms with Crippen LogP contribution in [0.25, 0.3) is 0 Å². The van der Waals surface area contributed by atoms with Crippen LogP contribution in [0, 0.1) is 0 Å². The Balaban J connectivity index is 2.45. The third kappa shape index (κ3) is 4.21. The highest BCUT2D eigenvalue weighted by Gasteiger charge is 2.08. The van der Waals surface area contributed by atoms with Crippen LogP contribution in [0.4, 0.5) is 5.69 Å². The minimum Gasteiger partial charge on any atom is -0.399 e. The summed E-state index contributed by atoms with van der Waals surface area (Å²) >= 11 is 0. The third-order valence-corrected chi connectivity index (χ3v) is 2.78. The second kappa shape index (κ2) is 6.51. The van der Waals surface area contributed by atoms with E-state index in [0.29, 0.717) is 6.04 Å². The molecule has 0 aliphatic carbocycles. The van der Waals surface area contributed by atoms with Gasteiger partial charge >= 0.3 is 0 Å². The summed E-state index contributed by atoms with van der Waals surface area (Å²) in [6, 6.07) is 8.46. The highest BCUT2D eigenvalue weighted by molar-refractivity contribution is 5.39. The monoisotopic (exact) mass is 222 g/mol. The zero-order valence-electron chi connectivity index (χ0n) is 10.2. The van der Waals surface area contributed by atoms with Crippen LogP contribution in [-0.2, 0) is 6.42 Å². The van der Waals surface area contributed by atoms with Gasteiger partial charge in [-0.1, -0.05) is 12.1 Å². The van der Waals surface area contributed by atoms with Crippen molar-refractivity contribution in [3.8, 4) is 0 Å². The molecular weight excluding hydrogens is 200 g/mol. The van der Waals surface area contributed by atoms with Crippen molar-refractivity contribution in [2.75, 3.05) is 25.4 Å². The maximum absolute atomic E-state index is 8.96. The van der Waals surface area contributed by atoms with E-state index in [-0.39, 0.29) is 6.61 Å². The third-order valence-electron chi connectivity index (χ3n) is 2.78. The first-order chi connectivity index (χ1) is 7.63. The Morgan fingerprint density at radius 1 is 1.19 bits per heavy atom. The minimum absolute atomic E-state index is 0.222. The van der Waals surface area contributed by atoms with Crippen molar-refractivity contribution in [2.45, 2.75) is 26.3 Å². The van der Waals surface area contributed by atoms with Crippen LogP contribution in [-0.4, -0.2) is 35.7 Å². The van der Waals surface area contributed by atoms with Gasteiger partial charge in [0.25, 0.3) is 0 Å². The van der Waals surface area contributed by atoms with Crippen molar-refractivity contribution < 1.29 is 5.11 Å². The van der Waals surface area contributed by atoms with Gasteiger partial charge in [0.15, 0.2) is 0 Å². The van der Waals surface area contributed by atoms with Gasteiger partial charge in [-0.15, -0.1) is 0 Å². The topological polar surface area (TPSA) is 49.5 Å². The molecule has 0 heterocycles. The standard InChI is InChI=1S/C13H22N2O/c1-11(2)15(9-10-16)8-7-12-3-5-13(14)6-4-12/h3-6,11,16H,7-10,14H2,1-2H3. The van der Waals surface area contributed by atoms with Gasteiger partial charge in [-0.2, -0.15) is 0 Å². The van der Waals surface area contributed by atoms with E-state index in [1.165, 1.54) is 5.56 Å². The first-order valence-corrected chi connectivity index (χ1v) is 5.83. The molecule has 0 atom stereocenters. The predicted octanol–water partition coefficient (Wildman–Crippen LogP) is 1.51. The normalized spacial score (nSPS) is 11.3. The van der Waals surface area contributed by atoms with Gasteiger partial charge in [0.05, 0.1) is 6.61 Å². The molecule has 3 nitrogen and oxygen atoms in total. The molecule has 0 fully saturated rings. The molecule has 0 radical (unpaired) electrons. The molecule has 0 aliphatic heterocycles. The van der Waals surface area contributed by atoms with Crippen LogP contribution >= 0.6 is 0 Å². The number of anilines is 1. The van der Waals surface area contributed by atoms with E-state index in [1.54, 1.807) is 0 Å². The summed E-state index contributed by atoms with van der Waals surface area (Å²) in [5.41, 5.74) is 7.73. The van der Waals surface area contributed by atoms with Crippen molar-refractivity contribution >= 4 is 5.69 Å². The summed E-state index contributed by atoms with van der Waals surface area (Å²) in [5, 5.41) is 8.96. The van der Waals surface area contributed by atoms with Gasteiger partial charge in [-0.3, -0.25) is 4.90 Å². The van der Waals surface area contributed by atoms with Crippen LogP contribution in [0.5, 0.6) is 0 Å². The fourth-order valence-electron chi connectivity index (χ4n) is 1.71. The molecule has 1 aromatic carbocycles. The lowest BCUT2D eigenvalue weighted by molar-refractivity contribution is 0.167. The Morgan fingerprint density at radius 3 is 2.31 bits per heavy atom. The zero-order chi connectivity index (χ0) is 12.0. The zero-order valence-corrected chi connectivity index (χ0v) is 10.2. The molecule has 0 saturated heterocycles. The van der Waals surface area contributed by atoms with E-state index in [0.717, 1.165) is 25.2 Å². The molecule has 0 aromatic heterocycles. The van der Waals surface area contributed by atoms with Crippen LogP contribution < -0.4 is 5.73 Å². The lowest BCUT2D eigenvalue weighted by Crippen LogP contribution is -2.35. The van der Waals surface area contributed by atoms with Gasteiger partial charge in [-0.25, -0.2) is 0 Å². The van der Waals surface area contributed by atoms with E-state index < -0.39 is 0 Å². The van der Waals surface area contributed by atoms with Crippen molar-refractivity contribution in [1.29, 1.82) is 0 Å². The smallest absolute Gasteiger partial charge is 0.0558 e. The SMILES string of the molecule is CC(C)N(CCO)CCc1ccc(N)cc1. The second-order valence-electron chi connectivity index (χ2n) is 4.34. The summed E-state index contributed by atoms with van der Waals surface area (Å²) < 4.78 is 0. The Labute approximate surface area is 97.9 Å². The van der Waals surface area contributed by atoms with Gasteiger partial charge < -0.3 is 10.8 Å². The Bertz CT molecular complexity index is 295. The Hall–Kier alpha value is -1.06. The fourth-order valence-corrected chi connectivity index (χ4v) is 1.71. The molecule has 0 unspecified atom stereocenters. The van der Waals surface area contributed by atoms with Crippen molar-refractivity contribution in [1.82, 2.24) is 4.90 Å². The van der Waals surface area contributed by atoms with Crippen LogP contribution in [0.2, 0.25) is 0 Å². The van der Waals surface area contributed by atoms with E-state index in [2.05, 4.69) is 30.9 Å². The van der Waals surface area contributed by atoms with E-state index in [1.807, 2.05) is 12.1 Å². The first kappa shape index (κ1) is 13.0. The van der Waals surface area contributed by atoms with E-state index in [4.69, 9.17) is 10.8 Å². The molecule has 0 saturated carbocycles. The van der Waals surface area contributed by atoms with Gasteiger partial charge in [0.2, 0.25) is 0 Å². The number of hydrogen-bond acceptors (Lipinski definition) is 3. The maximum atomic E-state index is 8.96. The van der Waals surface area contributed by atoms with Gasteiger partial charge in [-0.05, 0) is 38.0 Å². The maximum Gasteiger partial charge on any atom is 0.0558 e. The Kier molecular flexibility index (Phi) is 5.29. The van der Waals surface area contributed by atoms with Crippen LogP contribution in [0.3, 0.4) is 0 Å². The molecule has 0 aliphatic rings. The molecule has 90 valence electrons. The van der Waals surface area contributed by atoms with Crippen molar-refractivity contribution in [2.24, 2.45) is 0 Å². The summed E-state index contributed by atoms with van der Waals surface area (Å²) in [7, 11) is 0. The highest BCUT2D eigenvalue weighted by atomic mass is 16.3. The van der Waals surface area contributed by atoms with E-state index >= 15 is 0 Å². The summed E-state index contributed by atoms with van der Waals surface area (Å²) in [4.78, 5) is 2.27. The second-order valence-corrected chi connectivity index (χ2v) is 4.34. The molecule has 3 N–H and O–H groups in total. The number of aliphatic hydroxyl groups is 1. The molecule has 3 heteroatoms. The molecular formula is C13H22N2O. The summed E-state index contributed by atoms with van der Waals surface area (Å²) in [6.45, 7) is 6.24. The van der Waals surface area contributed by atoms with Crippen molar-refractivity contribution in [3.63, 3.8) is 0 Å². The molecule has 0 bridgehead atoms. The minimum atomic E-state index is 0.222. The molecule has 16 heavy (non-hydrogen) atoms. The summed E-state index contributed by atoms with van der Waals surface area (Å²) in [5.74, 6) is 0. The largest absolute Gasteiger partial charge is 0.399 e. The fraction of sp³-hybridized carbons (Fsp3) is 0.538. The average molecular weight is 222 g/mol. The average Bonchev–Trinajstić information content (AvgIpc) is 2.26. The Morgan fingerprint density at radius 2 is 1.81 bits per heavy atom. The lowest BCUT2D eigenvalue weighted by atomic mass is 10.1. The van der Waals surface area contributed by atoms with Crippen LogP contribution in [0.1, 0.15) is 19.4 Å². The number of rotatable bonds is 6. The first-order valence-electron chi connectivity index (χ1n) is 5.83. The molecule has 1 aromatic rings. The number of benzene rings is 1. The van der Waals surface area contributed by atoms with Crippen molar-refractivity contribution in [3.05, 3.63) is 29.8 Å². The number of nitrogens with zero attached hydrogens (tertiary/aromatic N) is 1. The summed E-state index contributed by atoms with van der Waals surface area (Å²) in [6.07, 6.45) is 0.998.